The second-order valence-corrected chi connectivity index (χ2v) is 8.38. The number of aromatic nitrogens is 4. The van der Waals surface area contributed by atoms with Crippen LogP contribution in [0.15, 0.2) is 58.5 Å². The number of benzene rings is 2. The maximum absolute atomic E-state index is 13.0. The normalized spacial score (nSPS) is 11.4. The first kappa shape index (κ1) is 22.2. The molecule has 0 unspecified atom stereocenters. The minimum Gasteiger partial charge on any atom is -0.385 e. The molecule has 0 radical (unpaired) electrons. The van der Waals surface area contributed by atoms with E-state index in [-0.39, 0.29) is 17.2 Å². The van der Waals surface area contributed by atoms with Crippen molar-refractivity contribution in [3.63, 3.8) is 0 Å². The average molecular weight is 455 g/mol. The number of ketones is 1. The fourth-order valence-electron chi connectivity index (χ4n) is 3.57. The number of ether oxygens (including phenoxy) is 1. The number of para-hydroxylation sites is 1. The van der Waals surface area contributed by atoms with Gasteiger partial charge in [0.2, 0.25) is 5.78 Å². The molecule has 0 aliphatic heterocycles. The predicted octanol–water partition coefficient (Wildman–Crippen LogP) is 3.98. The Morgan fingerprint density at radius 2 is 1.88 bits per heavy atom. The summed E-state index contributed by atoms with van der Waals surface area (Å²) in [6.07, 6.45) is 1.68. The Morgan fingerprint density at radius 3 is 2.66 bits per heavy atom. The van der Waals surface area contributed by atoms with E-state index in [0.29, 0.717) is 60.1 Å². The highest BCUT2D eigenvalue weighted by Gasteiger charge is 2.16. The highest BCUT2D eigenvalue weighted by atomic mass is 32.2. The van der Waals surface area contributed by atoms with Crippen LogP contribution in [0.2, 0.25) is 0 Å². The van der Waals surface area contributed by atoms with Crippen molar-refractivity contribution < 1.29 is 13.9 Å². The van der Waals surface area contributed by atoms with Gasteiger partial charge in [-0.25, -0.2) is 4.39 Å². The Bertz CT molecular complexity index is 1300. The number of rotatable bonds is 10. The first-order chi connectivity index (χ1) is 15.6. The molecule has 9 heteroatoms. The van der Waals surface area contributed by atoms with Crippen LogP contribution in [-0.2, 0) is 11.3 Å². The molecule has 0 atom stereocenters. The first-order valence-electron chi connectivity index (χ1n) is 10.4. The summed E-state index contributed by atoms with van der Waals surface area (Å²) in [4.78, 5) is 25.3. The molecular formula is C23H23FN4O3S. The summed E-state index contributed by atoms with van der Waals surface area (Å²) in [5, 5.41) is 9.88. The summed E-state index contributed by atoms with van der Waals surface area (Å²) >= 11 is 1.49. The van der Waals surface area contributed by atoms with Gasteiger partial charge in [-0.05, 0) is 49.2 Å². The molecule has 0 aliphatic rings. The molecule has 2 heterocycles. The number of thioether (sulfide) groups is 1. The van der Waals surface area contributed by atoms with Crippen molar-refractivity contribution in [3.05, 3.63) is 70.3 Å². The van der Waals surface area contributed by atoms with Crippen molar-refractivity contribution in [3.8, 4) is 0 Å². The zero-order valence-electron chi connectivity index (χ0n) is 17.7. The molecule has 2 aromatic heterocycles. The third-order valence-corrected chi connectivity index (χ3v) is 6.17. The number of aryl methyl sites for hydroxylation is 1. The van der Waals surface area contributed by atoms with Crippen LogP contribution in [0.1, 0.15) is 29.6 Å². The van der Waals surface area contributed by atoms with Crippen LogP contribution in [0.5, 0.6) is 0 Å². The van der Waals surface area contributed by atoms with Crippen molar-refractivity contribution in [2.24, 2.45) is 0 Å². The Kier molecular flexibility index (Phi) is 6.96. The summed E-state index contributed by atoms with van der Waals surface area (Å²) in [5.41, 5.74) is 1.17. The third-order valence-electron chi connectivity index (χ3n) is 5.15. The number of methoxy groups -OCH3 is 1. The minimum absolute atomic E-state index is 0.0193. The van der Waals surface area contributed by atoms with Gasteiger partial charge < -0.3 is 4.74 Å². The zero-order chi connectivity index (χ0) is 22.5. The molecule has 0 N–H and O–H groups in total. The number of carbonyl (C=O) groups excluding carboxylic acids is 1. The van der Waals surface area contributed by atoms with E-state index in [4.69, 9.17) is 4.74 Å². The molecular weight excluding hydrogens is 431 g/mol. The largest absolute Gasteiger partial charge is 0.385 e. The molecule has 0 amide bonds. The lowest BCUT2D eigenvalue weighted by molar-refractivity contribution is 0.0982. The van der Waals surface area contributed by atoms with Crippen LogP contribution in [-0.4, -0.2) is 44.4 Å². The van der Waals surface area contributed by atoms with Crippen LogP contribution in [0.25, 0.3) is 16.7 Å². The monoisotopic (exact) mass is 454 g/mol. The number of nitrogens with zero attached hydrogens (tertiary/aromatic N) is 4. The maximum Gasteiger partial charge on any atom is 0.262 e. The number of fused-ring (bicyclic) bond motifs is 3. The van der Waals surface area contributed by atoms with Gasteiger partial charge in [-0.15, -0.1) is 10.2 Å². The number of carbonyl (C=O) groups is 1. The molecule has 0 spiro atoms. The van der Waals surface area contributed by atoms with Crippen LogP contribution in [0.3, 0.4) is 0 Å². The van der Waals surface area contributed by atoms with E-state index in [1.165, 1.54) is 36.0 Å². The van der Waals surface area contributed by atoms with Crippen molar-refractivity contribution >= 4 is 34.2 Å². The Balaban J connectivity index is 1.53. The van der Waals surface area contributed by atoms with Gasteiger partial charge in [-0.2, -0.15) is 0 Å². The second-order valence-electron chi connectivity index (χ2n) is 7.32. The topological polar surface area (TPSA) is 78.5 Å². The second kappa shape index (κ2) is 10.1. The molecule has 0 bridgehead atoms. The lowest BCUT2D eigenvalue weighted by Crippen LogP contribution is -2.24. The van der Waals surface area contributed by atoms with Gasteiger partial charge in [0.1, 0.15) is 5.82 Å². The molecule has 4 aromatic rings. The Hall–Kier alpha value is -3.04. The lowest BCUT2D eigenvalue weighted by atomic mass is 10.1. The molecule has 0 saturated heterocycles. The van der Waals surface area contributed by atoms with Gasteiger partial charge in [-0.1, -0.05) is 23.9 Å². The van der Waals surface area contributed by atoms with Crippen molar-refractivity contribution in [1.82, 2.24) is 19.2 Å². The number of hydrogen-bond donors (Lipinski definition) is 0. The van der Waals surface area contributed by atoms with Crippen LogP contribution < -0.4 is 5.56 Å². The van der Waals surface area contributed by atoms with E-state index < -0.39 is 0 Å². The summed E-state index contributed by atoms with van der Waals surface area (Å²) in [5.74, 6) is 0.776. The van der Waals surface area contributed by atoms with E-state index in [1.54, 1.807) is 17.7 Å². The zero-order valence-corrected chi connectivity index (χ0v) is 18.5. The van der Waals surface area contributed by atoms with E-state index in [1.807, 2.05) is 22.6 Å². The molecule has 4 rings (SSSR count). The lowest BCUT2D eigenvalue weighted by Gasteiger charge is -2.11. The first-order valence-corrected chi connectivity index (χ1v) is 11.4. The molecule has 0 aliphatic carbocycles. The fourth-order valence-corrected chi connectivity index (χ4v) is 4.45. The average Bonchev–Trinajstić information content (AvgIpc) is 3.23. The van der Waals surface area contributed by atoms with Crippen LogP contribution in [0.4, 0.5) is 4.39 Å². The highest BCUT2D eigenvalue weighted by molar-refractivity contribution is 7.99. The quantitative estimate of drug-likeness (QED) is 0.205. The van der Waals surface area contributed by atoms with Gasteiger partial charge in [0.15, 0.2) is 10.9 Å². The van der Waals surface area contributed by atoms with Gasteiger partial charge in [-0.3, -0.25) is 18.6 Å². The summed E-state index contributed by atoms with van der Waals surface area (Å²) in [6.45, 7) is 1.03. The third kappa shape index (κ3) is 4.58. The number of Topliss-reactive ketones (excluding diaryl/α,β-unsaturated/α-hetero) is 1. The Labute approximate surface area is 188 Å². The van der Waals surface area contributed by atoms with E-state index in [2.05, 4.69) is 10.2 Å². The Morgan fingerprint density at radius 1 is 1.09 bits per heavy atom. The van der Waals surface area contributed by atoms with E-state index in [0.717, 1.165) is 5.52 Å². The molecule has 166 valence electrons. The number of hydrogen-bond acceptors (Lipinski definition) is 6. The number of halogens is 1. The highest BCUT2D eigenvalue weighted by Crippen LogP contribution is 2.23. The van der Waals surface area contributed by atoms with Crippen molar-refractivity contribution in [2.75, 3.05) is 19.5 Å². The van der Waals surface area contributed by atoms with Crippen molar-refractivity contribution in [1.29, 1.82) is 0 Å². The smallest absolute Gasteiger partial charge is 0.262 e. The molecule has 0 fully saturated rings. The summed E-state index contributed by atoms with van der Waals surface area (Å²) in [7, 11) is 1.63. The molecule has 32 heavy (non-hydrogen) atoms. The SMILES string of the molecule is COCCCn1c(=O)c2ccccc2n2c(SCCCC(=O)c3ccc(F)cc3)nnc12. The maximum atomic E-state index is 13.0. The van der Waals surface area contributed by atoms with Crippen LogP contribution in [0, 0.1) is 5.82 Å². The van der Waals surface area contributed by atoms with Crippen molar-refractivity contribution in [2.45, 2.75) is 31.0 Å². The molecule has 0 saturated carbocycles. The van der Waals surface area contributed by atoms with Gasteiger partial charge >= 0.3 is 0 Å². The van der Waals surface area contributed by atoms with Crippen LogP contribution >= 0.6 is 11.8 Å². The van der Waals surface area contributed by atoms with E-state index >= 15 is 0 Å². The fraction of sp³-hybridized carbons (Fsp3) is 0.304. The standard InChI is InChI=1S/C23H23FN4O3S/c1-31-14-5-13-27-21(30)18-6-2-3-7-19(18)28-22(27)25-26-23(28)32-15-4-8-20(29)16-9-11-17(24)12-10-16/h2-3,6-7,9-12H,4-5,8,13-15H2,1H3. The van der Waals surface area contributed by atoms with E-state index in [9.17, 15) is 14.0 Å². The summed E-state index contributed by atoms with van der Waals surface area (Å²) in [6, 6.07) is 13.0. The van der Waals surface area contributed by atoms with Gasteiger partial charge in [0.05, 0.1) is 10.9 Å². The van der Waals surface area contributed by atoms with Gasteiger partial charge in [0.25, 0.3) is 5.56 Å². The molecule has 7 nitrogen and oxygen atoms in total. The summed E-state index contributed by atoms with van der Waals surface area (Å²) < 4.78 is 21.7. The predicted molar refractivity (Wildman–Crippen MR) is 122 cm³/mol. The molecule has 2 aromatic carbocycles. The van der Waals surface area contributed by atoms with Gasteiger partial charge in [0, 0.05) is 38.0 Å². The minimum atomic E-state index is -0.358.